The molecule has 4 heteroatoms. The molecule has 0 aliphatic rings. The summed E-state index contributed by atoms with van der Waals surface area (Å²) in [5.74, 6) is 0. The molecule has 0 unspecified atom stereocenters. The van der Waals surface area contributed by atoms with Gasteiger partial charge in [0.1, 0.15) is 0 Å². The third kappa shape index (κ3) is 2.73. The van der Waals surface area contributed by atoms with Crippen molar-refractivity contribution in [2.75, 3.05) is 0 Å². The van der Waals surface area contributed by atoms with Crippen LogP contribution in [0.2, 0.25) is 10.3 Å². The van der Waals surface area contributed by atoms with E-state index in [4.69, 9.17) is 11.6 Å². The van der Waals surface area contributed by atoms with E-state index in [0.29, 0.717) is 15.0 Å². The van der Waals surface area contributed by atoms with E-state index in [9.17, 15) is 0 Å². The van der Waals surface area contributed by atoms with Crippen LogP contribution < -0.4 is 4.59 Å². The minimum absolute atomic E-state index is 0.432. The normalized spacial score (nSPS) is 10.9. The number of fused-ring (bicyclic) bond motifs is 1. The van der Waals surface area contributed by atoms with E-state index in [2.05, 4.69) is 16.9 Å². The van der Waals surface area contributed by atoms with Gasteiger partial charge in [-0.1, -0.05) is 0 Å². The summed E-state index contributed by atoms with van der Waals surface area (Å²) in [6.07, 6.45) is 4.16. The van der Waals surface area contributed by atoms with Gasteiger partial charge in [-0.25, -0.2) is 0 Å². The summed E-state index contributed by atoms with van der Waals surface area (Å²) in [6, 6.07) is 5.80. The second-order valence-electron chi connectivity index (χ2n) is 3.54. The van der Waals surface area contributed by atoms with Crippen molar-refractivity contribution in [3.05, 3.63) is 29.5 Å². The average molecular weight is 300 g/mol. The maximum absolute atomic E-state index is 6.00. The molecule has 0 spiro atoms. The molecule has 84 valence electrons. The van der Waals surface area contributed by atoms with Crippen LogP contribution in [0.4, 0.5) is 0 Å². The van der Waals surface area contributed by atoms with Gasteiger partial charge in [0, 0.05) is 0 Å². The van der Waals surface area contributed by atoms with Crippen LogP contribution in [0.3, 0.4) is 0 Å². The molecule has 0 atom stereocenters. The van der Waals surface area contributed by atoms with Gasteiger partial charge in [0.05, 0.1) is 0 Å². The van der Waals surface area contributed by atoms with Gasteiger partial charge in [-0.2, -0.15) is 0 Å². The number of nitrogens with zero attached hydrogens (tertiary/aromatic N) is 2. The van der Waals surface area contributed by atoms with E-state index in [1.165, 1.54) is 22.8 Å². The van der Waals surface area contributed by atoms with E-state index in [1.54, 1.807) is 6.33 Å². The zero-order valence-corrected chi connectivity index (χ0v) is 11.6. The Hall–Kier alpha value is -0.631. The van der Waals surface area contributed by atoms with Crippen LogP contribution in [0.25, 0.3) is 10.9 Å². The standard InChI is InChI=1S/C12H13ClN2Se/c1-2-3-6-16-12-10-7-9(13)4-5-11(10)14-8-15-12/h4-5,7-8H,2-3,6H2,1H3. The molecule has 1 heterocycles. The Morgan fingerprint density at radius 1 is 1.31 bits per heavy atom. The molecule has 0 radical (unpaired) electrons. The van der Waals surface area contributed by atoms with Gasteiger partial charge in [-0.05, 0) is 0 Å². The quantitative estimate of drug-likeness (QED) is 0.641. The summed E-state index contributed by atoms with van der Waals surface area (Å²) in [7, 11) is 0. The van der Waals surface area contributed by atoms with Crippen molar-refractivity contribution in [1.82, 2.24) is 9.97 Å². The van der Waals surface area contributed by atoms with Crippen LogP contribution in [0, 0.1) is 0 Å². The second-order valence-corrected chi connectivity index (χ2v) is 6.25. The van der Waals surface area contributed by atoms with Gasteiger partial charge >= 0.3 is 107 Å². The molecule has 0 aliphatic carbocycles. The minimum atomic E-state index is 0.432. The molecule has 0 amide bonds. The van der Waals surface area contributed by atoms with Crippen LogP contribution in [0.15, 0.2) is 24.5 Å². The average Bonchev–Trinajstić information content (AvgIpc) is 2.30. The molecule has 0 aliphatic heterocycles. The van der Waals surface area contributed by atoms with Crippen LogP contribution in [0.5, 0.6) is 0 Å². The zero-order valence-electron chi connectivity index (χ0n) is 9.11. The van der Waals surface area contributed by atoms with Crippen molar-refractivity contribution in [2.24, 2.45) is 0 Å². The second kappa shape index (κ2) is 5.62. The van der Waals surface area contributed by atoms with Gasteiger partial charge < -0.3 is 0 Å². The Kier molecular flexibility index (Phi) is 4.16. The number of halogens is 1. The Bertz CT molecular complexity index is 487. The van der Waals surface area contributed by atoms with Crippen molar-refractivity contribution < 1.29 is 0 Å². The van der Waals surface area contributed by atoms with Crippen molar-refractivity contribution in [3.8, 4) is 0 Å². The third-order valence-electron chi connectivity index (χ3n) is 2.30. The number of hydrogen-bond donors (Lipinski definition) is 0. The van der Waals surface area contributed by atoms with Crippen LogP contribution in [-0.4, -0.2) is 24.9 Å². The first-order valence-corrected chi connectivity index (χ1v) is 7.79. The summed E-state index contributed by atoms with van der Waals surface area (Å²) in [5.41, 5.74) is 0.993. The van der Waals surface area contributed by atoms with E-state index in [1.807, 2.05) is 18.2 Å². The van der Waals surface area contributed by atoms with Crippen LogP contribution >= 0.6 is 11.6 Å². The van der Waals surface area contributed by atoms with Gasteiger partial charge in [0.25, 0.3) is 0 Å². The Balaban J connectivity index is 2.32. The number of hydrogen-bond acceptors (Lipinski definition) is 2. The summed E-state index contributed by atoms with van der Waals surface area (Å²) in [6.45, 7) is 2.21. The first-order chi connectivity index (χ1) is 7.81. The fourth-order valence-corrected chi connectivity index (χ4v) is 3.84. The van der Waals surface area contributed by atoms with Crippen molar-refractivity contribution in [1.29, 1.82) is 0 Å². The summed E-state index contributed by atoms with van der Waals surface area (Å²) in [5, 5.41) is 3.11. The van der Waals surface area contributed by atoms with E-state index >= 15 is 0 Å². The monoisotopic (exact) mass is 300 g/mol. The zero-order chi connectivity index (χ0) is 11.4. The van der Waals surface area contributed by atoms with E-state index in [-0.39, 0.29) is 0 Å². The van der Waals surface area contributed by atoms with Crippen LogP contribution in [-0.2, 0) is 0 Å². The van der Waals surface area contributed by atoms with Crippen molar-refractivity contribution >= 4 is 42.1 Å². The molecule has 2 nitrogen and oxygen atoms in total. The topological polar surface area (TPSA) is 25.8 Å². The Morgan fingerprint density at radius 2 is 2.19 bits per heavy atom. The number of benzene rings is 1. The van der Waals surface area contributed by atoms with Gasteiger partial charge in [0.2, 0.25) is 0 Å². The number of aromatic nitrogens is 2. The molecular formula is C12H13ClN2Se. The van der Waals surface area contributed by atoms with E-state index in [0.717, 1.165) is 15.9 Å². The molecule has 0 saturated heterocycles. The van der Waals surface area contributed by atoms with Gasteiger partial charge in [0.15, 0.2) is 0 Å². The summed E-state index contributed by atoms with van der Waals surface area (Å²) < 4.78 is 1.17. The Labute approximate surface area is 107 Å². The molecule has 0 saturated carbocycles. The molecule has 16 heavy (non-hydrogen) atoms. The fraction of sp³-hybridized carbons (Fsp3) is 0.333. The van der Waals surface area contributed by atoms with Crippen molar-refractivity contribution in [2.45, 2.75) is 25.1 Å². The third-order valence-corrected chi connectivity index (χ3v) is 4.82. The van der Waals surface area contributed by atoms with Crippen LogP contribution in [0.1, 0.15) is 19.8 Å². The number of rotatable bonds is 4. The summed E-state index contributed by atoms with van der Waals surface area (Å²) >= 11 is 6.44. The predicted octanol–water partition coefficient (Wildman–Crippen LogP) is 2.83. The molecular weight excluding hydrogens is 287 g/mol. The molecule has 2 aromatic rings. The Morgan fingerprint density at radius 3 is 3.00 bits per heavy atom. The first-order valence-electron chi connectivity index (χ1n) is 5.34. The fourth-order valence-electron chi connectivity index (χ4n) is 1.43. The molecule has 1 aromatic carbocycles. The predicted molar refractivity (Wildman–Crippen MR) is 69.7 cm³/mol. The SMILES string of the molecule is CCCC[Se]c1ncnc2ccc(Cl)cc12. The molecule has 0 fully saturated rings. The molecule has 0 N–H and O–H groups in total. The first kappa shape index (κ1) is 11.8. The number of unbranched alkanes of at least 4 members (excludes halogenated alkanes) is 1. The summed E-state index contributed by atoms with van der Waals surface area (Å²) in [4.78, 5) is 8.63. The molecule has 0 bridgehead atoms. The van der Waals surface area contributed by atoms with Gasteiger partial charge in [-0.15, -0.1) is 0 Å². The van der Waals surface area contributed by atoms with E-state index < -0.39 is 0 Å². The molecule has 1 aromatic heterocycles. The molecule has 2 rings (SSSR count). The van der Waals surface area contributed by atoms with Crippen molar-refractivity contribution in [3.63, 3.8) is 0 Å². The van der Waals surface area contributed by atoms with Gasteiger partial charge in [-0.3, -0.25) is 0 Å². The maximum atomic E-state index is 6.00.